The lowest BCUT2D eigenvalue weighted by Crippen LogP contribution is -2.20. The van der Waals surface area contributed by atoms with Crippen LogP contribution in [0.2, 0.25) is 0 Å². The van der Waals surface area contributed by atoms with E-state index in [1.807, 2.05) is 6.92 Å². The van der Waals surface area contributed by atoms with E-state index < -0.39 is 0 Å². The summed E-state index contributed by atoms with van der Waals surface area (Å²) in [4.78, 5) is 23.2. The van der Waals surface area contributed by atoms with Gasteiger partial charge in [0.1, 0.15) is 5.75 Å². The number of carbonyl (C=O) groups is 2. The van der Waals surface area contributed by atoms with E-state index in [-0.39, 0.29) is 17.7 Å². The third-order valence-corrected chi connectivity index (χ3v) is 3.22. The third-order valence-electron chi connectivity index (χ3n) is 3.22. The maximum absolute atomic E-state index is 12.1. The molecule has 0 spiro atoms. The summed E-state index contributed by atoms with van der Waals surface area (Å²) in [5.74, 6) is 0.318. The van der Waals surface area contributed by atoms with E-state index in [9.17, 15) is 9.59 Å². The molecule has 2 N–H and O–H groups in total. The van der Waals surface area contributed by atoms with Crippen LogP contribution in [0.3, 0.4) is 0 Å². The summed E-state index contributed by atoms with van der Waals surface area (Å²) in [5, 5.41) is 5.55. The summed E-state index contributed by atoms with van der Waals surface area (Å²) in [7, 11) is 1.53. The zero-order valence-corrected chi connectivity index (χ0v) is 13.2. The molecule has 5 heteroatoms. The van der Waals surface area contributed by atoms with Crippen LogP contribution < -0.4 is 15.4 Å². The number of anilines is 2. The SMILES string of the molecule is CCCC[C@@H](C)C(=O)Nc1ccc(NC(C)=O)cc1OC. The molecule has 116 valence electrons. The maximum atomic E-state index is 12.1. The largest absolute Gasteiger partial charge is 0.494 e. The first-order valence-electron chi connectivity index (χ1n) is 7.24. The quantitative estimate of drug-likeness (QED) is 0.809. The van der Waals surface area contributed by atoms with E-state index in [4.69, 9.17) is 4.74 Å². The van der Waals surface area contributed by atoms with Gasteiger partial charge in [0.25, 0.3) is 0 Å². The zero-order chi connectivity index (χ0) is 15.8. The molecule has 1 aromatic rings. The van der Waals surface area contributed by atoms with Gasteiger partial charge in [-0.3, -0.25) is 9.59 Å². The minimum Gasteiger partial charge on any atom is -0.494 e. The van der Waals surface area contributed by atoms with Crippen molar-refractivity contribution >= 4 is 23.2 Å². The molecular formula is C16H24N2O3. The summed E-state index contributed by atoms with van der Waals surface area (Å²) < 4.78 is 5.26. The number of amides is 2. The van der Waals surface area contributed by atoms with Crippen molar-refractivity contribution in [2.45, 2.75) is 40.0 Å². The number of methoxy groups -OCH3 is 1. The molecular weight excluding hydrogens is 268 g/mol. The van der Waals surface area contributed by atoms with Gasteiger partial charge in [-0.25, -0.2) is 0 Å². The Labute approximate surface area is 126 Å². The van der Waals surface area contributed by atoms with Gasteiger partial charge in [-0.2, -0.15) is 0 Å². The Kier molecular flexibility index (Phi) is 6.72. The molecule has 1 aromatic carbocycles. The predicted molar refractivity (Wildman–Crippen MR) is 84.6 cm³/mol. The number of hydrogen-bond acceptors (Lipinski definition) is 3. The summed E-state index contributed by atoms with van der Waals surface area (Å²) in [6, 6.07) is 5.15. The van der Waals surface area contributed by atoms with Crippen molar-refractivity contribution < 1.29 is 14.3 Å². The lowest BCUT2D eigenvalue weighted by Gasteiger charge is -2.15. The van der Waals surface area contributed by atoms with Crippen LogP contribution in [0.4, 0.5) is 11.4 Å². The summed E-state index contributed by atoms with van der Waals surface area (Å²) in [6.07, 6.45) is 2.98. The Morgan fingerprint density at radius 2 is 2.00 bits per heavy atom. The third kappa shape index (κ3) is 5.45. The summed E-state index contributed by atoms with van der Waals surface area (Å²) >= 11 is 0. The molecule has 1 atom stereocenters. The molecule has 0 aliphatic rings. The van der Waals surface area contributed by atoms with Gasteiger partial charge >= 0.3 is 0 Å². The molecule has 21 heavy (non-hydrogen) atoms. The van der Waals surface area contributed by atoms with Gasteiger partial charge in [0.05, 0.1) is 12.8 Å². The maximum Gasteiger partial charge on any atom is 0.227 e. The van der Waals surface area contributed by atoms with Crippen LogP contribution in [0.1, 0.15) is 40.0 Å². The van der Waals surface area contributed by atoms with Crippen molar-refractivity contribution in [3.63, 3.8) is 0 Å². The Bertz CT molecular complexity index is 500. The first-order valence-corrected chi connectivity index (χ1v) is 7.24. The molecule has 0 unspecified atom stereocenters. The summed E-state index contributed by atoms with van der Waals surface area (Å²) in [6.45, 7) is 5.47. The molecule has 0 fully saturated rings. The molecule has 0 heterocycles. The number of benzene rings is 1. The Balaban J connectivity index is 2.78. The highest BCUT2D eigenvalue weighted by Crippen LogP contribution is 2.28. The van der Waals surface area contributed by atoms with Crippen molar-refractivity contribution in [1.82, 2.24) is 0 Å². The molecule has 5 nitrogen and oxygen atoms in total. The highest BCUT2D eigenvalue weighted by molar-refractivity contribution is 5.95. The van der Waals surface area contributed by atoms with Gasteiger partial charge in [-0.15, -0.1) is 0 Å². The smallest absolute Gasteiger partial charge is 0.227 e. The first-order chi connectivity index (χ1) is 9.97. The number of rotatable bonds is 7. The van der Waals surface area contributed by atoms with E-state index in [0.717, 1.165) is 19.3 Å². The second-order valence-corrected chi connectivity index (χ2v) is 5.13. The fraction of sp³-hybridized carbons (Fsp3) is 0.500. The molecule has 0 aliphatic heterocycles. The molecule has 0 radical (unpaired) electrons. The van der Waals surface area contributed by atoms with Crippen LogP contribution in [0.15, 0.2) is 18.2 Å². The average molecular weight is 292 g/mol. The van der Waals surface area contributed by atoms with Gasteiger partial charge in [0, 0.05) is 24.6 Å². The Morgan fingerprint density at radius 3 is 2.57 bits per heavy atom. The van der Waals surface area contributed by atoms with Crippen LogP contribution in [-0.4, -0.2) is 18.9 Å². The van der Waals surface area contributed by atoms with Gasteiger partial charge in [-0.05, 0) is 18.6 Å². The minimum absolute atomic E-state index is 0.0194. The topological polar surface area (TPSA) is 67.4 Å². The average Bonchev–Trinajstić information content (AvgIpc) is 2.45. The Morgan fingerprint density at radius 1 is 1.29 bits per heavy atom. The fourth-order valence-corrected chi connectivity index (χ4v) is 1.97. The number of carbonyl (C=O) groups excluding carboxylic acids is 2. The lowest BCUT2D eigenvalue weighted by molar-refractivity contribution is -0.119. The van der Waals surface area contributed by atoms with Crippen molar-refractivity contribution in [2.24, 2.45) is 5.92 Å². The highest BCUT2D eigenvalue weighted by atomic mass is 16.5. The monoisotopic (exact) mass is 292 g/mol. The lowest BCUT2D eigenvalue weighted by atomic mass is 10.0. The van der Waals surface area contributed by atoms with Gasteiger partial charge in [-0.1, -0.05) is 26.7 Å². The van der Waals surface area contributed by atoms with E-state index in [1.165, 1.54) is 14.0 Å². The van der Waals surface area contributed by atoms with Crippen LogP contribution in [0.25, 0.3) is 0 Å². The van der Waals surface area contributed by atoms with Crippen molar-refractivity contribution in [3.8, 4) is 5.75 Å². The van der Waals surface area contributed by atoms with Crippen LogP contribution in [0.5, 0.6) is 5.75 Å². The fourth-order valence-electron chi connectivity index (χ4n) is 1.97. The standard InChI is InChI=1S/C16H24N2O3/c1-5-6-7-11(2)16(20)18-14-9-8-13(17-12(3)19)10-15(14)21-4/h8-11H,5-7H2,1-4H3,(H,17,19)(H,18,20)/t11-/m1/s1. The highest BCUT2D eigenvalue weighted by Gasteiger charge is 2.15. The molecule has 0 aliphatic carbocycles. The zero-order valence-electron chi connectivity index (χ0n) is 13.2. The van der Waals surface area contributed by atoms with Gasteiger partial charge in [0.2, 0.25) is 11.8 Å². The summed E-state index contributed by atoms with van der Waals surface area (Å²) in [5.41, 5.74) is 1.25. The molecule has 1 rings (SSSR count). The van der Waals surface area contributed by atoms with Crippen molar-refractivity contribution in [3.05, 3.63) is 18.2 Å². The predicted octanol–water partition coefficient (Wildman–Crippen LogP) is 3.42. The van der Waals surface area contributed by atoms with E-state index >= 15 is 0 Å². The minimum atomic E-state index is -0.151. The number of unbranched alkanes of at least 4 members (excludes halogenated alkanes) is 1. The molecule has 2 amide bonds. The molecule has 0 aromatic heterocycles. The first kappa shape index (κ1) is 17.0. The van der Waals surface area contributed by atoms with Crippen molar-refractivity contribution in [1.29, 1.82) is 0 Å². The van der Waals surface area contributed by atoms with Gasteiger partial charge in [0.15, 0.2) is 0 Å². The molecule has 0 bridgehead atoms. The Hall–Kier alpha value is -2.04. The normalized spacial score (nSPS) is 11.6. The number of nitrogens with one attached hydrogen (secondary N) is 2. The van der Waals surface area contributed by atoms with Gasteiger partial charge < -0.3 is 15.4 Å². The number of hydrogen-bond donors (Lipinski definition) is 2. The van der Waals surface area contributed by atoms with Crippen LogP contribution in [-0.2, 0) is 9.59 Å². The second kappa shape index (κ2) is 8.29. The van der Waals surface area contributed by atoms with Crippen LogP contribution in [0, 0.1) is 5.92 Å². The molecule has 0 saturated heterocycles. The number of ether oxygens (including phenoxy) is 1. The van der Waals surface area contributed by atoms with E-state index in [2.05, 4.69) is 17.6 Å². The van der Waals surface area contributed by atoms with E-state index in [0.29, 0.717) is 17.1 Å². The van der Waals surface area contributed by atoms with E-state index in [1.54, 1.807) is 18.2 Å². The second-order valence-electron chi connectivity index (χ2n) is 5.13. The molecule has 0 saturated carbocycles. The van der Waals surface area contributed by atoms with Crippen LogP contribution >= 0.6 is 0 Å². The van der Waals surface area contributed by atoms with Crippen molar-refractivity contribution in [2.75, 3.05) is 17.7 Å².